The van der Waals surface area contributed by atoms with Crippen LogP contribution in [0.5, 0.6) is 0 Å². The van der Waals surface area contributed by atoms with Crippen molar-refractivity contribution in [3.63, 3.8) is 0 Å². The molecule has 0 aliphatic heterocycles. The van der Waals surface area contributed by atoms with Crippen molar-refractivity contribution in [1.82, 2.24) is 4.98 Å². The number of pyridine rings is 1. The predicted octanol–water partition coefficient (Wildman–Crippen LogP) is 4.56. The van der Waals surface area contributed by atoms with Gasteiger partial charge in [-0.3, -0.25) is 9.78 Å². The van der Waals surface area contributed by atoms with Crippen molar-refractivity contribution in [1.29, 1.82) is 0 Å². The molecule has 0 unspecified atom stereocenters. The second-order valence-electron chi connectivity index (χ2n) is 5.00. The van der Waals surface area contributed by atoms with Gasteiger partial charge in [0.2, 0.25) is 0 Å². The summed E-state index contributed by atoms with van der Waals surface area (Å²) in [6, 6.07) is 16.4. The van der Waals surface area contributed by atoms with Crippen molar-refractivity contribution in [2.45, 2.75) is 11.8 Å². The minimum absolute atomic E-state index is 0.192. The van der Waals surface area contributed by atoms with E-state index in [-0.39, 0.29) is 5.97 Å². The van der Waals surface area contributed by atoms with Crippen LogP contribution in [0.15, 0.2) is 65.8 Å². The summed E-state index contributed by atoms with van der Waals surface area (Å²) in [5.41, 5.74) is 2.17. The Kier molecular flexibility index (Phi) is 4.93. The first-order chi connectivity index (χ1) is 11.3. The molecule has 1 aromatic heterocycles. The van der Waals surface area contributed by atoms with Gasteiger partial charge in [-0.1, -0.05) is 36.4 Å². The predicted molar refractivity (Wildman–Crippen MR) is 94.5 cm³/mol. The number of ether oxygens (including phenoxy) is 1. The fraction of sp³-hybridized carbons (Fsp3) is 0.158. The molecule has 3 aromatic rings. The van der Waals surface area contributed by atoms with Gasteiger partial charge in [0.1, 0.15) is 0 Å². The van der Waals surface area contributed by atoms with Crippen LogP contribution in [0.25, 0.3) is 21.9 Å². The van der Waals surface area contributed by atoms with Gasteiger partial charge < -0.3 is 4.74 Å². The molecule has 0 spiro atoms. The fourth-order valence-corrected chi connectivity index (χ4v) is 3.41. The minimum Gasteiger partial charge on any atom is -0.465 e. The Morgan fingerprint density at radius 2 is 2.00 bits per heavy atom. The first kappa shape index (κ1) is 15.6. The van der Waals surface area contributed by atoms with E-state index in [1.165, 1.54) is 17.1 Å². The van der Waals surface area contributed by atoms with E-state index in [1.807, 2.05) is 37.4 Å². The third-order valence-corrected chi connectivity index (χ3v) is 4.52. The normalized spacial score (nSPS) is 10.7. The van der Waals surface area contributed by atoms with Crippen molar-refractivity contribution in [3.8, 4) is 11.1 Å². The molecule has 0 aliphatic carbocycles. The molecule has 0 saturated heterocycles. The molecule has 0 aliphatic rings. The molecular weight excluding hydrogens is 306 g/mol. The number of carbonyl (C=O) groups is 1. The molecule has 0 saturated carbocycles. The lowest BCUT2D eigenvalue weighted by molar-refractivity contribution is -0.139. The van der Waals surface area contributed by atoms with Crippen LogP contribution < -0.4 is 0 Å². The summed E-state index contributed by atoms with van der Waals surface area (Å²) in [6.07, 6.45) is 3.62. The topological polar surface area (TPSA) is 39.2 Å². The van der Waals surface area contributed by atoms with Crippen LogP contribution in [0.4, 0.5) is 0 Å². The number of esters is 1. The third-order valence-electron chi connectivity index (χ3n) is 3.49. The number of carbonyl (C=O) groups excluding carboxylic acids is 1. The molecule has 23 heavy (non-hydrogen) atoms. The molecule has 2 aromatic carbocycles. The van der Waals surface area contributed by atoms with E-state index in [0.29, 0.717) is 12.4 Å². The van der Waals surface area contributed by atoms with Crippen molar-refractivity contribution in [2.24, 2.45) is 0 Å². The highest BCUT2D eigenvalue weighted by Crippen LogP contribution is 2.37. The summed E-state index contributed by atoms with van der Waals surface area (Å²) in [5.74, 6) is 0.113. The van der Waals surface area contributed by atoms with Crippen LogP contribution in [-0.4, -0.2) is 23.3 Å². The van der Waals surface area contributed by atoms with Gasteiger partial charge in [-0.2, -0.15) is 0 Å². The highest BCUT2D eigenvalue weighted by Gasteiger charge is 2.12. The first-order valence-corrected chi connectivity index (χ1v) is 8.48. The molecule has 1 heterocycles. The fourth-order valence-electron chi connectivity index (χ4n) is 2.52. The lowest BCUT2D eigenvalue weighted by Gasteiger charge is -2.13. The number of aromatic nitrogens is 1. The van der Waals surface area contributed by atoms with Gasteiger partial charge in [-0.05, 0) is 29.8 Å². The number of hydrogen-bond donors (Lipinski definition) is 0. The highest BCUT2D eigenvalue weighted by atomic mass is 32.2. The van der Waals surface area contributed by atoms with E-state index in [0.717, 1.165) is 21.4 Å². The second-order valence-corrected chi connectivity index (χ2v) is 6.01. The van der Waals surface area contributed by atoms with Crippen LogP contribution in [0, 0.1) is 0 Å². The van der Waals surface area contributed by atoms with Crippen LogP contribution >= 0.6 is 11.8 Å². The first-order valence-electron chi connectivity index (χ1n) is 7.50. The standard InChI is InChI=1S/C19H17NO2S/c1-2-22-18(21)13-23-17-10-9-14-6-3-4-8-16(14)19(17)15-7-5-11-20-12-15/h3-12H,2,13H2,1H3. The number of fused-ring (bicyclic) bond motifs is 1. The maximum atomic E-state index is 11.7. The number of thioether (sulfide) groups is 1. The molecule has 3 nitrogen and oxygen atoms in total. The minimum atomic E-state index is -0.192. The van der Waals surface area contributed by atoms with Gasteiger partial charge in [-0.25, -0.2) is 0 Å². The van der Waals surface area contributed by atoms with Crippen LogP contribution in [0.3, 0.4) is 0 Å². The number of nitrogens with zero attached hydrogens (tertiary/aromatic N) is 1. The van der Waals surface area contributed by atoms with E-state index < -0.39 is 0 Å². The van der Waals surface area contributed by atoms with Crippen molar-refractivity contribution in [2.75, 3.05) is 12.4 Å². The Balaban J connectivity index is 2.05. The molecule has 0 atom stereocenters. The molecule has 0 amide bonds. The molecule has 116 valence electrons. The van der Waals surface area contributed by atoms with Crippen LogP contribution in [0.2, 0.25) is 0 Å². The Hall–Kier alpha value is -2.33. The van der Waals surface area contributed by atoms with Crippen molar-refractivity contribution in [3.05, 3.63) is 60.9 Å². The largest absolute Gasteiger partial charge is 0.465 e. The summed E-state index contributed by atoms with van der Waals surface area (Å²) in [7, 11) is 0. The summed E-state index contributed by atoms with van der Waals surface area (Å²) in [5, 5.41) is 2.33. The molecular formula is C19H17NO2S. The summed E-state index contributed by atoms with van der Waals surface area (Å²) in [4.78, 5) is 17.0. The smallest absolute Gasteiger partial charge is 0.316 e. The van der Waals surface area contributed by atoms with Gasteiger partial charge in [0.15, 0.2) is 0 Å². The Morgan fingerprint density at radius 1 is 1.13 bits per heavy atom. The monoisotopic (exact) mass is 323 g/mol. The maximum Gasteiger partial charge on any atom is 0.316 e. The number of benzene rings is 2. The van der Waals surface area contributed by atoms with E-state index in [4.69, 9.17) is 4.74 Å². The lowest BCUT2D eigenvalue weighted by Crippen LogP contribution is -2.06. The maximum absolute atomic E-state index is 11.7. The zero-order valence-corrected chi connectivity index (χ0v) is 13.7. The molecule has 0 fully saturated rings. The average molecular weight is 323 g/mol. The Labute approximate surface area is 139 Å². The quantitative estimate of drug-likeness (QED) is 0.510. The lowest BCUT2D eigenvalue weighted by atomic mass is 9.99. The molecule has 0 bridgehead atoms. The summed E-state index contributed by atoms with van der Waals surface area (Å²) in [6.45, 7) is 2.23. The second kappa shape index (κ2) is 7.29. The molecule has 0 radical (unpaired) electrons. The van der Waals surface area contributed by atoms with E-state index in [1.54, 1.807) is 6.20 Å². The van der Waals surface area contributed by atoms with Crippen molar-refractivity contribution < 1.29 is 9.53 Å². The summed E-state index contributed by atoms with van der Waals surface area (Å²) >= 11 is 1.50. The zero-order chi connectivity index (χ0) is 16.1. The third kappa shape index (κ3) is 3.54. The summed E-state index contributed by atoms with van der Waals surface area (Å²) < 4.78 is 5.02. The Bertz CT molecular complexity index is 818. The zero-order valence-electron chi connectivity index (χ0n) is 12.9. The highest BCUT2D eigenvalue weighted by molar-refractivity contribution is 8.00. The SMILES string of the molecule is CCOC(=O)CSc1ccc2ccccc2c1-c1cccnc1. The average Bonchev–Trinajstić information content (AvgIpc) is 2.60. The van der Waals surface area contributed by atoms with Gasteiger partial charge in [-0.15, -0.1) is 11.8 Å². The van der Waals surface area contributed by atoms with Crippen molar-refractivity contribution >= 4 is 28.5 Å². The van der Waals surface area contributed by atoms with Gasteiger partial charge >= 0.3 is 5.97 Å². The molecule has 3 rings (SSSR count). The van der Waals surface area contributed by atoms with Crippen LogP contribution in [-0.2, 0) is 9.53 Å². The van der Waals surface area contributed by atoms with E-state index in [9.17, 15) is 4.79 Å². The molecule has 4 heteroatoms. The molecule has 0 N–H and O–H groups in total. The van der Waals surface area contributed by atoms with E-state index >= 15 is 0 Å². The van der Waals surface area contributed by atoms with Crippen LogP contribution in [0.1, 0.15) is 6.92 Å². The van der Waals surface area contributed by atoms with Gasteiger partial charge in [0.25, 0.3) is 0 Å². The van der Waals surface area contributed by atoms with Gasteiger partial charge in [0, 0.05) is 28.4 Å². The number of rotatable bonds is 5. The van der Waals surface area contributed by atoms with Gasteiger partial charge in [0.05, 0.1) is 12.4 Å². The van der Waals surface area contributed by atoms with E-state index in [2.05, 4.69) is 29.2 Å². The number of hydrogen-bond acceptors (Lipinski definition) is 4. The Morgan fingerprint density at radius 3 is 2.78 bits per heavy atom.